The predicted molar refractivity (Wildman–Crippen MR) is 71.6 cm³/mol. The first kappa shape index (κ1) is 13.2. The van der Waals surface area contributed by atoms with Crippen LogP contribution in [0.1, 0.15) is 0 Å². The van der Waals surface area contributed by atoms with Gasteiger partial charge in [0.25, 0.3) is 0 Å². The molecule has 19 heavy (non-hydrogen) atoms. The number of nitrogens with two attached hydrogens (primary N) is 1. The number of hydrogen-bond acceptors (Lipinski definition) is 4. The zero-order valence-electron chi connectivity index (χ0n) is 10.3. The molecule has 0 atom stereocenters. The van der Waals surface area contributed by atoms with Crippen molar-refractivity contribution in [1.29, 1.82) is 0 Å². The van der Waals surface area contributed by atoms with Crippen molar-refractivity contribution in [2.45, 2.75) is 0 Å². The van der Waals surface area contributed by atoms with Gasteiger partial charge in [0.05, 0.1) is 5.69 Å². The zero-order chi connectivity index (χ0) is 13.5. The number of rotatable bonds is 6. The Morgan fingerprint density at radius 2 is 1.79 bits per heavy atom. The molecule has 0 heterocycles. The fraction of sp³-hybridized carbons (Fsp3) is 0.143. The lowest BCUT2D eigenvalue weighted by molar-refractivity contribution is 0.211. The molecule has 100 valence electrons. The topological polar surface area (TPSA) is 56.5 Å². The lowest BCUT2D eigenvalue weighted by Crippen LogP contribution is -2.10. The van der Waals surface area contributed by atoms with E-state index in [2.05, 4.69) is 5.43 Å². The molecule has 2 aromatic rings. The van der Waals surface area contributed by atoms with Crippen LogP contribution in [0.15, 0.2) is 48.5 Å². The summed E-state index contributed by atoms with van der Waals surface area (Å²) in [6.45, 7) is 0.587. The fourth-order valence-corrected chi connectivity index (χ4v) is 1.55. The maximum absolute atomic E-state index is 13.3. The van der Waals surface area contributed by atoms with E-state index < -0.39 is 0 Å². The zero-order valence-corrected chi connectivity index (χ0v) is 10.3. The van der Waals surface area contributed by atoms with E-state index in [1.165, 1.54) is 6.07 Å². The first-order valence-electron chi connectivity index (χ1n) is 5.86. The highest BCUT2D eigenvalue weighted by Gasteiger charge is 2.01. The van der Waals surface area contributed by atoms with Crippen LogP contribution >= 0.6 is 0 Å². The van der Waals surface area contributed by atoms with Crippen LogP contribution in [-0.4, -0.2) is 13.2 Å². The Balaban J connectivity index is 1.79. The predicted octanol–water partition coefficient (Wildman–Crippen LogP) is 2.57. The number of nitrogen functional groups attached to an aromatic ring is 1. The highest BCUT2D eigenvalue weighted by Crippen LogP contribution is 2.17. The van der Waals surface area contributed by atoms with E-state index in [0.29, 0.717) is 12.4 Å². The highest BCUT2D eigenvalue weighted by molar-refractivity contribution is 5.46. The van der Waals surface area contributed by atoms with Crippen LogP contribution in [-0.2, 0) is 0 Å². The van der Waals surface area contributed by atoms with Gasteiger partial charge in [0.15, 0.2) is 11.6 Å². The second-order valence-electron chi connectivity index (χ2n) is 3.80. The van der Waals surface area contributed by atoms with Crippen LogP contribution in [0.2, 0.25) is 0 Å². The van der Waals surface area contributed by atoms with Crippen molar-refractivity contribution >= 4 is 5.69 Å². The molecule has 0 bridgehead atoms. The molecule has 0 saturated carbocycles. The van der Waals surface area contributed by atoms with E-state index in [9.17, 15) is 4.39 Å². The van der Waals surface area contributed by atoms with Gasteiger partial charge in [0.1, 0.15) is 19.0 Å². The van der Waals surface area contributed by atoms with E-state index in [4.69, 9.17) is 15.3 Å². The molecule has 0 spiro atoms. The number of anilines is 1. The maximum Gasteiger partial charge on any atom is 0.165 e. The monoisotopic (exact) mass is 262 g/mol. The largest absolute Gasteiger partial charge is 0.490 e. The Hall–Kier alpha value is -2.27. The summed E-state index contributed by atoms with van der Waals surface area (Å²) >= 11 is 0. The Morgan fingerprint density at radius 3 is 2.58 bits per heavy atom. The van der Waals surface area contributed by atoms with Gasteiger partial charge in [-0.25, -0.2) is 4.39 Å². The van der Waals surface area contributed by atoms with Crippen molar-refractivity contribution in [3.63, 3.8) is 0 Å². The first-order chi connectivity index (χ1) is 9.29. The minimum atomic E-state index is -0.378. The number of para-hydroxylation sites is 1. The molecule has 0 saturated heterocycles. The van der Waals surface area contributed by atoms with Gasteiger partial charge in [-0.1, -0.05) is 18.2 Å². The molecular formula is C14H15FN2O2. The number of nitrogens with one attached hydrogen (secondary N) is 1. The minimum absolute atomic E-state index is 0.225. The molecule has 0 aromatic heterocycles. The Kier molecular flexibility index (Phi) is 4.58. The number of halogens is 1. The van der Waals surface area contributed by atoms with E-state index >= 15 is 0 Å². The maximum atomic E-state index is 13.3. The molecule has 0 fully saturated rings. The molecule has 2 rings (SSSR count). The third-order valence-corrected chi connectivity index (χ3v) is 2.45. The first-order valence-corrected chi connectivity index (χ1v) is 5.86. The van der Waals surface area contributed by atoms with E-state index in [1.807, 2.05) is 18.2 Å². The summed E-state index contributed by atoms with van der Waals surface area (Å²) in [6.07, 6.45) is 0. The molecule has 0 aliphatic heterocycles. The summed E-state index contributed by atoms with van der Waals surface area (Å²) in [5.74, 6) is 5.82. The Morgan fingerprint density at radius 1 is 1.00 bits per heavy atom. The normalized spacial score (nSPS) is 10.0. The van der Waals surface area contributed by atoms with Gasteiger partial charge in [0, 0.05) is 6.07 Å². The van der Waals surface area contributed by atoms with Crippen LogP contribution in [0.25, 0.3) is 0 Å². The quantitative estimate of drug-likeness (QED) is 0.477. The van der Waals surface area contributed by atoms with E-state index in [0.717, 1.165) is 5.69 Å². The summed E-state index contributed by atoms with van der Waals surface area (Å²) in [5.41, 5.74) is 3.29. The van der Waals surface area contributed by atoms with Gasteiger partial charge in [0.2, 0.25) is 0 Å². The number of benzene rings is 2. The molecule has 0 unspecified atom stereocenters. The number of hydrogen-bond donors (Lipinski definition) is 2. The molecule has 2 aromatic carbocycles. The highest BCUT2D eigenvalue weighted by atomic mass is 19.1. The summed E-state index contributed by atoms with van der Waals surface area (Å²) in [4.78, 5) is 0. The number of ether oxygens (including phenoxy) is 2. The molecule has 3 N–H and O–H groups in total. The van der Waals surface area contributed by atoms with Crippen molar-refractivity contribution in [2.75, 3.05) is 18.6 Å². The van der Waals surface area contributed by atoms with Crippen molar-refractivity contribution in [3.8, 4) is 11.5 Å². The van der Waals surface area contributed by atoms with Gasteiger partial charge >= 0.3 is 0 Å². The fourth-order valence-electron chi connectivity index (χ4n) is 1.55. The van der Waals surface area contributed by atoms with Crippen LogP contribution in [0.5, 0.6) is 11.5 Å². The van der Waals surface area contributed by atoms with Crippen molar-refractivity contribution < 1.29 is 13.9 Å². The van der Waals surface area contributed by atoms with Crippen molar-refractivity contribution in [2.24, 2.45) is 5.84 Å². The van der Waals surface area contributed by atoms with Crippen molar-refractivity contribution in [3.05, 3.63) is 54.3 Å². The van der Waals surface area contributed by atoms with Crippen LogP contribution in [0.3, 0.4) is 0 Å². The van der Waals surface area contributed by atoms with Gasteiger partial charge < -0.3 is 14.9 Å². The lowest BCUT2D eigenvalue weighted by Gasteiger charge is -2.09. The molecule has 0 aliphatic rings. The second kappa shape index (κ2) is 6.61. The van der Waals surface area contributed by atoms with Crippen LogP contribution in [0.4, 0.5) is 10.1 Å². The SMILES string of the molecule is NNc1cccc(OCCOc2ccccc2F)c1. The van der Waals surface area contributed by atoms with Gasteiger partial charge in [-0.15, -0.1) is 0 Å². The standard InChI is InChI=1S/C14H15FN2O2/c15-13-6-1-2-7-14(13)19-9-8-18-12-5-3-4-11(10-12)17-16/h1-7,10,17H,8-9,16H2. The van der Waals surface area contributed by atoms with Crippen molar-refractivity contribution in [1.82, 2.24) is 0 Å². The Labute approximate surface area is 110 Å². The average molecular weight is 262 g/mol. The molecule has 0 radical (unpaired) electrons. The number of hydrazine groups is 1. The molecule has 5 heteroatoms. The lowest BCUT2D eigenvalue weighted by atomic mass is 10.3. The van der Waals surface area contributed by atoms with Gasteiger partial charge in [-0.3, -0.25) is 5.84 Å². The second-order valence-corrected chi connectivity index (χ2v) is 3.80. The summed E-state index contributed by atoms with van der Waals surface area (Å²) in [7, 11) is 0. The Bertz CT molecular complexity index is 534. The molecule has 4 nitrogen and oxygen atoms in total. The minimum Gasteiger partial charge on any atom is -0.490 e. The smallest absolute Gasteiger partial charge is 0.165 e. The van der Waals surface area contributed by atoms with Crippen LogP contribution < -0.4 is 20.7 Å². The summed E-state index contributed by atoms with van der Waals surface area (Å²) < 4.78 is 24.0. The third kappa shape index (κ3) is 3.86. The molecule has 0 amide bonds. The molecular weight excluding hydrogens is 247 g/mol. The van der Waals surface area contributed by atoms with Crippen LogP contribution in [0, 0.1) is 5.82 Å². The average Bonchev–Trinajstić information content (AvgIpc) is 2.45. The van der Waals surface area contributed by atoms with E-state index in [1.54, 1.807) is 24.3 Å². The molecule has 0 aliphatic carbocycles. The van der Waals surface area contributed by atoms with Gasteiger partial charge in [-0.2, -0.15) is 0 Å². The summed E-state index contributed by atoms with van der Waals surface area (Å²) in [5, 5.41) is 0. The summed E-state index contributed by atoms with van der Waals surface area (Å²) in [6, 6.07) is 13.5. The van der Waals surface area contributed by atoms with Gasteiger partial charge in [-0.05, 0) is 24.3 Å². The third-order valence-electron chi connectivity index (χ3n) is 2.45. The van der Waals surface area contributed by atoms with E-state index in [-0.39, 0.29) is 18.2 Å².